The van der Waals surface area contributed by atoms with Crippen molar-refractivity contribution in [1.29, 1.82) is 0 Å². The van der Waals surface area contributed by atoms with Crippen LogP contribution >= 0.6 is 0 Å². The van der Waals surface area contributed by atoms with Crippen molar-refractivity contribution in [3.05, 3.63) is 46.8 Å². The second-order valence-electron chi connectivity index (χ2n) is 3.83. The first-order chi connectivity index (χ1) is 8.27. The van der Waals surface area contributed by atoms with E-state index in [1.54, 1.807) is 6.92 Å². The molecule has 98 valence electrons. The highest BCUT2D eigenvalue weighted by Gasteiger charge is 2.29. The summed E-state index contributed by atoms with van der Waals surface area (Å²) in [5.41, 5.74) is -0.833. The van der Waals surface area contributed by atoms with Crippen molar-refractivity contribution in [2.45, 2.75) is 19.8 Å². The van der Waals surface area contributed by atoms with Gasteiger partial charge in [0, 0.05) is 6.42 Å². The fourth-order valence-corrected chi connectivity index (χ4v) is 1.30. The number of benzene rings is 1. The molecule has 0 spiro atoms. The molecule has 0 saturated heterocycles. The second kappa shape index (κ2) is 5.29. The lowest BCUT2D eigenvalue weighted by atomic mass is 10.0. The molecule has 0 aliphatic rings. The van der Waals surface area contributed by atoms with Crippen molar-refractivity contribution in [2.24, 2.45) is 0 Å². The average molecular weight is 264 g/mol. The van der Waals surface area contributed by atoms with E-state index in [2.05, 4.69) is 6.58 Å². The van der Waals surface area contributed by atoms with Crippen LogP contribution in [0.5, 0.6) is 0 Å². The summed E-state index contributed by atoms with van der Waals surface area (Å²) in [5, 5.41) is 0. The van der Waals surface area contributed by atoms with Crippen LogP contribution in [0.3, 0.4) is 0 Å². The zero-order valence-electron chi connectivity index (χ0n) is 9.42. The van der Waals surface area contributed by atoms with E-state index in [9.17, 15) is 26.7 Å². The van der Waals surface area contributed by atoms with E-state index in [1.165, 1.54) is 0 Å². The van der Waals surface area contributed by atoms with E-state index in [-0.39, 0.29) is 12.8 Å². The lowest BCUT2D eigenvalue weighted by Crippen LogP contribution is -2.12. The number of hydrogen-bond donors (Lipinski definition) is 0. The summed E-state index contributed by atoms with van der Waals surface area (Å²) in [6, 6.07) is 0. The first-order valence-corrected chi connectivity index (χ1v) is 4.96. The Morgan fingerprint density at radius 1 is 0.889 bits per heavy atom. The van der Waals surface area contributed by atoms with Gasteiger partial charge >= 0.3 is 0 Å². The first kappa shape index (κ1) is 14.3. The van der Waals surface area contributed by atoms with Crippen molar-refractivity contribution in [2.75, 3.05) is 0 Å². The molecule has 0 unspecified atom stereocenters. The van der Waals surface area contributed by atoms with Gasteiger partial charge < -0.3 is 0 Å². The molecular formula is C12H9F5O. The summed E-state index contributed by atoms with van der Waals surface area (Å²) >= 11 is 0. The summed E-state index contributed by atoms with van der Waals surface area (Å²) in [6.45, 7) is 5.04. The van der Waals surface area contributed by atoms with Gasteiger partial charge in [-0.15, -0.1) is 6.58 Å². The second-order valence-corrected chi connectivity index (χ2v) is 3.83. The number of halogens is 5. The smallest absolute Gasteiger partial charge is 0.200 e. The molecule has 1 aromatic rings. The SMILES string of the molecule is C=C(C)CCC(=O)c1c(F)c(F)c(F)c(F)c1F. The fourth-order valence-electron chi connectivity index (χ4n) is 1.30. The lowest BCUT2D eigenvalue weighted by Gasteiger charge is -2.07. The van der Waals surface area contributed by atoms with Crippen LogP contribution in [-0.4, -0.2) is 5.78 Å². The van der Waals surface area contributed by atoms with E-state index in [0.29, 0.717) is 5.57 Å². The number of rotatable bonds is 4. The first-order valence-electron chi connectivity index (χ1n) is 4.96. The van der Waals surface area contributed by atoms with E-state index < -0.39 is 40.4 Å². The fraction of sp³-hybridized carbons (Fsp3) is 0.250. The van der Waals surface area contributed by atoms with Gasteiger partial charge in [0.1, 0.15) is 0 Å². The number of carbonyl (C=O) groups excluding carboxylic acids is 1. The van der Waals surface area contributed by atoms with Crippen LogP contribution in [0, 0.1) is 29.1 Å². The Labute approximate surface area is 99.9 Å². The van der Waals surface area contributed by atoms with Crippen LogP contribution in [0.2, 0.25) is 0 Å². The highest BCUT2D eigenvalue weighted by Crippen LogP contribution is 2.24. The standard InChI is InChI=1S/C12H9F5O/c1-5(2)3-4-6(18)7-8(13)10(15)12(17)11(16)9(7)14/h1,3-4H2,2H3. The Hall–Kier alpha value is -1.72. The molecule has 0 aliphatic carbocycles. The van der Waals surface area contributed by atoms with Crippen LogP contribution < -0.4 is 0 Å². The Morgan fingerprint density at radius 2 is 1.28 bits per heavy atom. The maximum absolute atomic E-state index is 13.2. The molecule has 0 atom stereocenters. The minimum Gasteiger partial charge on any atom is -0.294 e. The van der Waals surface area contributed by atoms with Gasteiger partial charge in [-0.1, -0.05) is 5.57 Å². The van der Waals surface area contributed by atoms with Crippen molar-refractivity contribution in [3.8, 4) is 0 Å². The zero-order valence-corrected chi connectivity index (χ0v) is 9.42. The molecule has 0 aliphatic heterocycles. The van der Waals surface area contributed by atoms with Crippen LogP contribution in [0.15, 0.2) is 12.2 Å². The van der Waals surface area contributed by atoms with E-state index in [4.69, 9.17) is 0 Å². The predicted molar refractivity (Wildman–Crippen MR) is 54.6 cm³/mol. The summed E-state index contributed by atoms with van der Waals surface area (Å²) < 4.78 is 64.8. The van der Waals surface area contributed by atoms with Crippen molar-refractivity contribution in [3.63, 3.8) is 0 Å². The highest BCUT2D eigenvalue weighted by molar-refractivity contribution is 5.96. The van der Waals surface area contributed by atoms with Crippen LogP contribution in [0.25, 0.3) is 0 Å². The average Bonchev–Trinajstić information content (AvgIpc) is 2.31. The van der Waals surface area contributed by atoms with Gasteiger partial charge in [0.15, 0.2) is 29.1 Å². The van der Waals surface area contributed by atoms with Crippen LogP contribution in [0.1, 0.15) is 30.1 Å². The van der Waals surface area contributed by atoms with E-state index >= 15 is 0 Å². The molecule has 0 radical (unpaired) electrons. The minimum absolute atomic E-state index is 0.109. The van der Waals surface area contributed by atoms with E-state index in [1.807, 2.05) is 0 Å². The third-order valence-corrected chi connectivity index (χ3v) is 2.27. The highest BCUT2D eigenvalue weighted by atomic mass is 19.2. The van der Waals surface area contributed by atoms with Crippen molar-refractivity contribution >= 4 is 5.78 Å². The van der Waals surface area contributed by atoms with Gasteiger partial charge in [0.25, 0.3) is 0 Å². The lowest BCUT2D eigenvalue weighted by molar-refractivity contribution is 0.0971. The van der Waals surface area contributed by atoms with Crippen molar-refractivity contribution in [1.82, 2.24) is 0 Å². The monoisotopic (exact) mass is 264 g/mol. The number of ketones is 1. The zero-order chi connectivity index (χ0) is 14.0. The molecule has 0 aromatic heterocycles. The van der Waals surface area contributed by atoms with Crippen molar-refractivity contribution < 1.29 is 26.7 Å². The third kappa shape index (κ3) is 2.57. The van der Waals surface area contributed by atoms with Gasteiger partial charge in [0.2, 0.25) is 5.82 Å². The minimum atomic E-state index is -2.28. The largest absolute Gasteiger partial charge is 0.294 e. The molecular weight excluding hydrogens is 255 g/mol. The molecule has 0 heterocycles. The number of hydrogen-bond acceptors (Lipinski definition) is 1. The molecule has 0 N–H and O–H groups in total. The normalized spacial score (nSPS) is 10.6. The Bertz CT molecular complexity index is 493. The number of allylic oxidation sites excluding steroid dienone is 1. The van der Waals surface area contributed by atoms with Crippen LogP contribution in [0.4, 0.5) is 22.0 Å². The van der Waals surface area contributed by atoms with E-state index in [0.717, 1.165) is 0 Å². The van der Waals surface area contributed by atoms with Gasteiger partial charge in [-0.05, 0) is 13.3 Å². The van der Waals surface area contributed by atoms with Crippen LogP contribution in [-0.2, 0) is 0 Å². The molecule has 0 amide bonds. The Morgan fingerprint density at radius 3 is 1.67 bits per heavy atom. The summed E-state index contributed by atoms with van der Waals surface area (Å²) in [4.78, 5) is 11.4. The Kier molecular flexibility index (Phi) is 4.21. The summed E-state index contributed by atoms with van der Waals surface area (Å²) in [5.74, 6) is -11.9. The quantitative estimate of drug-likeness (QED) is 0.265. The topological polar surface area (TPSA) is 17.1 Å². The maximum atomic E-state index is 13.2. The van der Waals surface area contributed by atoms with Gasteiger partial charge in [0.05, 0.1) is 5.56 Å². The number of Topliss-reactive ketones (excluding diaryl/α,β-unsaturated/α-hetero) is 1. The Balaban J connectivity index is 3.24. The molecule has 1 nitrogen and oxygen atoms in total. The van der Waals surface area contributed by atoms with Gasteiger partial charge in [-0.2, -0.15) is 0 Å². The molecule has 1 aromatic carbocycles. The molecule has 0 saturated carbocycles. The molecule has 1 rings (SSSR count). The molecule has 18 heavy (non-hydrogen) atoms. The summed E-state index contributed by atoms with van der Waals surface area (Å²) in [7, 11) is 0. The number of carbonyl (C=O) groups is 1. The van der Waals surface area contributed by atoms with Gasteiger partial charge in [-0.25, -0.2) is 22.0 Å². The third-order valence-electron chi connectivity index (χ3n) is 2.27. The maximum Gasteiger partial charge on any atom is 0.200 e. The molecule has 0 bridgehead atoms. The summed E-state index contributed by atoms with van der Waals surface area (Å²) in [6.07, 6.45) is -0.258. The molecule has 0 fully saturated rings. The predicted octanol–water partition coefficient (Wildman–Crippen LogP) is 3.92. The molecule has 6 heteroatoms. The van der Waals surface area contributed by atoms with Gasteiger partial charge in [-0.3, -0.25) is 4.79 Å².